The first kappa shape index (κ1) is 116. The maximum absolute atomic E-state index is 12.3. The molecule has 10 rings (SSSR count). The number of ether oxygens (including phenoxy) is 4. The lowest BCUT2D eigenvalue weighted by atomic mass is 9.96. The van der Waals surface area contributed by atoms with E-state index in [0.29, 0.717) is 87.1 Å². The van der Waals surface area contributed by atoms with E-state index in [1.54, 1.807) is 39.8 Å². The van der Waals surface area contributed by atoms with Gasteiger partial charge in [0, 0.05) is 112 Å². The number of amides is 1. The summed E-state index contributed by atoms with van der Waals surface area (Å²) in [7, 11) is -18.6. The molecule has 10 atom stereocenters. The van der Waals surface area contributed by atoms with E-state index in [2.05, 4.69) is 60.1 Å². The summed E-state index contributed by atoms with van der Waals surface area (Å²) >= 11 is 3.37. The van der Waals surface area contributed by atoms with Crippen LogP contribution in [0.2, 0.25) is 0 Å². The summed E-state index contributed by atoms with van der Waals surface area (Å²) in [6, 6.07) is 37.7. The molecule has 746 valence electrons. The fourth-order valence-corrected chi connectivity index (χ4v) is 18.4. The molecule has 0 radical (unpaired) electrons. The number of hydrogen-bond acceptors (Lipinski definition) is 33. The largest absolute Gasteiger partial charge is 0.465 e. The first-order valence-corrected chi connectivity index (χ1v) is 53.6. The molecule has 5 N–H and O–H groups in total. The number of sulfone groups is 5. The molecule has 0 saturated heterocycles. The highest BCUT2D eigenvalue weighted by atomic mass is 79.9. The number of nitrogens with zero attached hydrogens (tertiary/aromatic N) is 5. The number of carbonyl (C=O) groups excluding carboxylic acids is 5. The molecule has 5 aliphatic rings. The normalized spacial score (nSPS) is 18.8. The van der Waals surface area contributed by atoms with Crippen molar-refractivity contribution in [2.45, 2.75) is 219 Å². The van der Waals surface area contributed by atoms with E-state index in [4.69, 9.17) is 63.7 Å². The predicted octanol–water partition coefficient (Wildman–Crippen LogP) is 10.6. The lowest BCUT2D eigenvalue weighted by Crippen LogP contribution is -2.51. The van der Waals surface area contributed by atoms with Crippen molar-refractivity contribution >= 4 is 123 Å². The first-order valence-electron chi connectivity index (χ1n) is 43.4. The number of halogens is 3. The van der Waals surface area contributed by atoms with Crippen molar-refractivity contribution in [2.75, 3.05) is 90.9 Å². The van der Waals surface area contributed by atoms with Crippen molar-refractivity contribution in [2.24, 2.45) is 25.8 Å². The quantitative estimate of drug-likeness (QED) is 0.00609. The molecule has 1 amide bonds. The Morgan fingerprint density at radius 3 is 0.859 bits per heavy atom. The second-order valence-corrected chi connectivity index (χ2v) is 46.4. The number of aliphatic hydroxyl groups is 3. The molecule has 0 bridgehead atoms. The molecule has 0 aromatic heterocycles. The minimum Gasteiger partial charge on any atom is -0.465 e. The highest BCUT2D eigenvalue weighted by Crippen LogP contribution is 2.37. The van der Waals surface area contributed by atoms with E-state index in [-0.39, 0.29) is 91.7 Å². The maximum Gasteiger partial charge on any atom is 0.327 e. The van der Waals surface area contributed by atoms with E-state index in [9.17, 15) is 74.8 Å². The Morgan fingerprint density at radius 2 is 0.652 bits per heavy atom. The number of alkyl halides is 2. The van der Waals surface area contributed by atoms with Gasteiger partial charge in [0.05, 0.1) is 74.9 Å². The molecule has 5 aromatic rings. The fourth-order valence-electron chi connectivity index (χ4n) is 13.9. The van der Waals surface area contributed by atoms with E-state index >= 15 is 0 Å². The van der Waals surface area contributed by atoms with Gasteiger partial charge in [-0.3, -0.25) is 38.0 Å². The van der Waals surface area contributed by atoms with Gasteiger partial charge >= 0.3 is 23.9 Å². The molecule has 34 nitrogen and oxygen atoms in total. The number of hydrogen-bond donors (Lipinski definition) is 5. The van der Waals surface area contributed by atoms with Crippen molar-refractivity contribution in [3.63, 3.8) is 0 Å². The number of oxime groups is 5. The summed E-state index contributed by atoms with van der Waals surface area (Å²) in [4.78, 5) is 87.7. The molecule has 0 unspecified atom stereocenters. The molecular formula is C93H125BrF2N6O28S5. The third-order valence-corrected chi connectivity index (χ3v) is 33.2. The summed E-state index contributed by atoms with van der Waals surface area (Å²) in [5.74, 6) is 1.29. The Labute approximate surface area is 798 Å². The molecule has 5 aromatic carbocycles. The topological polar surface area (TPSA) is 494 Å². The van der Waals surface area contributed by atoms with Gasteiger partial charge in [-0.15, -0.1) is 6.58 Å². The number of aliphatic hydroxyl groups excluding tert-OH is 3. The van der Waals surface area contributed by atoms with Crippen LogP contribution in [0.5, 0.6) is 0 Å². The van der Waals surface area contributed by atoms with Crippen LogP contribution in [0, 0.1) is 11.8 Å². The lowest BCUT2D eigenvalue weighted by Gasteiger charge is -2.27. The predicted molar refractivity (Wildman–Crippen MR) is 511 cm³/mol. The second kappa shape index (κ2) is 53.1. The van der Waals surface area contributed by atoms with Crippen molar-refractivity contribution in [3.05, 3.63) is 189 Å². The van der Waals surface area contributed by atoms with Crippen LogP contribution in [0.1, 0.15) is 196 Å². The monoisotopic (exact) mass is 2050 g/mol. The number of carbonyl (C=O) groups is 5. The van der Waals surface area contributed by atoms with Crippen molar-refractivity contribution in [1.82, 2.24) is 5.48 Å². The van der Waals surface area contributed by atoms with Crippen molar-refractivity contribution < 1.29 is 139 Å². The molecule has 0 fully saturated rings. The van der Waals surface area contributed by atoms with Crippen molar-refractivity contribution in [1.29, 1.82) is 0 Å². The fraction of sp³-hybridized carbons (Fsp3) is 0.527. The number of nitrogens with one attached hydrogen (secondary N) is 1. The van der Waals surface area contributed by atoms with E-state index in [1.807, 2.05) is 109 Å². The third-order valence-electron chi connectivity index (χ3n) is 22.8. The molecule has 0 aliphatic carbocycles. The Bertz CT molecular complexity index is 5520. The zero-order valence-corrected chi connectivity index (χ0v) is 84.1. The smallest absolute Gasteiger partial charge is 0.327 e. The summed E-state index contributed by atoms with van der Waals surface area (Å²) in [6.07, 6.45) is 9.34. The molecule has 5 aliphatic heterocycles. The van der Waals surface area contributed by atoms with Crippen LogP contribution >= 0.6 is 15.9 Å². The summed E-state index contributed by atoms with van der Waals surface area (Å²) in [5.41, 5.74) is 13.1. The molecule has 5 heterocycles. The standard InChI is InChI=1S/C19H26FNO5S.C19H27NO6S.C19H23NO6S.C17H23FN2O5S.C16H20BrNO5S.C3H6O/c1-4-25-18(22)19(2,27(3,23)24)13-16-12-17(21-26-16)15-9-7-14(8-10-15)6-5-11-20;2*1-4-25-18(22)19(2,27(3,23)24)13-16-12-17(20-26-16)15-9-7-14(8-10-15)6-5-11-21;1-17(16(21)19-22,26(2,23)24)11-14-10-15(20-25-14)13-7-5-12(6-8-13)4-3-9-18;1-4-22-15(19)16(2,24(3,20)21)10-13-9-14(18-23-13)11-5-7-12(17)8-6-11;1-2-3-4/h7-10,16H,4-6,11-13H2,1-3H3;7-10,16,21H,4-6,11-13H2,1-3H3;7-10,16,21H,4,11-13H2,1-3H3;5-8,14,22H,3-4,9-11H2,1-2H3,(H,19,21);5-8,13H,4,9-10H2,1-3H3;2,4H,1,3H2/t3*16-,19-;14-,17-;13-,16-;/m11111./s1. The van der Waals surface area contributed by atoms with E-state index in [0.717, 1.165) is 98.0 Å². The Kier molecular flexibility index (Phi) is 45.4. The van der Waals surface area contributed by atoms with Gasteiger partial charge < -0.3 is 58.5 Å². The second-order valence-electron chi connectivity index (χ2n) is 33.2. The van der Waals surface area contributed by atoms with Crippen LogP contribution in [-0.4, -0.2) is 266 Å². The Balaban J connectivity index is 0.000000295. The van der Waals surface area contributed by atoms with Gasteiger partial charge in [-0.1, -0.05) is 157 Å². The van der Waals surface area contributed by atoms with Crippen LogP contribution in [-0.2, 0) is 136 Å². The molecule has 42 heteroatoms. The molecule has 135 heavy (non-hydrogen) atoms. The number of aryl methyl sites for hydroxylation is 3. The number of esters is 4. The Hall–Kier alpha value is -9.97. The third kappa shape index (κ3) is 33.2. The van der Waals surface area contributed by atoms with Crippen LogP contribution in [0.15, 0.2) is 164 Å². The van der Waals surface area contributed by atoms with Gasteiger partial charge in [0.2, 0.25) is 0 Å². The zero-order chi connectivity index (χ0) is 101. The van der Waals surface area contributed by atoms with E-state index in [1.165, 1.54) is 46.2 Å². The summed E-state index contributed by atoms with van der Waals surface area (Å²) in [6.45, 7) is 16.2. The van der Waals surface area contributed by atoms with Gasteiger partial charge in [0.25, 0.3) is 5.91 Å². The highest BCUT2D eigenvalue weighted by Gasteiger charge is 2.53. The molecule has 0 saturated carbocycles. The maximum atomic E-state index is 12.3. The summed E-state index contributed by atoms with van der Waals surface area (Å²) < 4.78 is 158. The molecular weight excluding hydrogens is 1930 g/mol. The van der Waals surface area contributed by atoms with Gasteiger partial charge in [-0.25, -0.2) is 47.6 Å². The van der Waals surface area contributed by atoms with E-state index < -0.39 is 133 Å². The van der Waals surface area contributed by atoms with Gasteiger partial charge in [0.1, 0.15) is 37.1 Å². The minimum atomic E-state index is -3.79. The van der Waals surface area contributed by atoms with Crippen LogP contribution in [0.3, 0.4) is 0 Å². The molecule has 0 spiro atoms. The van der Waals surface area contributed by atoms with Gasteiger partial charge in [-0.05, 0) is 170 Å². The van der Waals surface area contributed by atoms with Gasteiger partial charge in [-0.2, -0.15) is 0 Å². The van der Waals surface area contributed by atoms with Gasteiger partial charge in [0.15, 0.2) is 72.9 Å². The minimum absolute atomic E-state index is 0.00576. The number of rotatable bonds is 39. The zero-order valence-electron chi connectivity index (χ0n) is 78.4. The number of hydroxylamine groups is 1. The van der Waals surface area contributed by atoms with Crippen LogP contribution in [0.25, 0.3) is 0 Å². The average Bonchev–Trinajstić information content (AvgIpc) is 1.79. The summed E-state index contributed by atoms with van der Waals surface area (Å²) in [5, 5.41) is 54.5. The average molecular weight is 2050 g/mol. The van der Waals surface area contributed by atoms with Crippen LogP contribution < -0.4 is 5.48 Å². The number of benzene rings is 5. The SMILES string of the molecule is C=CCO.CCOC(=O)[C@@](C)(C[C@H]1CC(c2ccc(Br)cc2)=NO1)S(C)(=O)=O.CCOC(=O)[C@@](C)(C[C@H]1CC(c2ccc(C#CCO)cc2)=NO1)S(C)(=O)=O.CCOC(=O)[C@@](C)(C[C@H]1CC(c2ccc(CCCF)cc2)=NO1)S(C)(=O)=O.CCOC(=O)[C@@](C)(C[C@H]1CC(c2ccc(CCCO)cc2)=NO1)S(C)(=O)=O.C[C@@](C[C@H]1CC(c2ccc(CCCF)cc2)=NO1)(C(=O)NO)S(C)(=O)=O. The first-order chi connectivity index (χ1) is 63.4. The van der Waals surface area contributed by atoms with Crippen molar-refractivity contribution in [3.8, 4) is 11.8 Å². The Morgan fingerprint density at radius 1 is 0.422 bits per heavy atom. The van der Waals surface area contributed by atoms with Crippen LogP contribution in [0.4, 0.5) is 8.78 Å². The highest BCUT2D eigenvalue weighted by molar-refractivity contribution is 9.10. The lowest BCUT2D eigenvalue weighted by molar-refractivity contribution is -0.147.